The number of rotatable bonds is 7. The molecule has 2 heteroatoms. The van der Waals surface area contributed by atoms with Crippen molar-refractivity contribution in [2.75, 3.05) is 7.11 Å². The third-order valence-electron chi connectivity index (χ3n) is 3.67. The summed E-state index contributed by atoms with van der Waals surface area (Å²) in [5.74, 6) is 0.158. The minimum absolute atomic E-state index is 0.000988. The van der Waals surface area contributed by atoms with Gasteiger partial charge >= 0.3 is 0 Å². The van der Waals surface area contributed by atoms with Crippen molar-refractivity contribution in [1.29, 1.82) is 0 Å². The quantitative estimate of drug-likeness (QED) is 0.689. The number of hydrogen-bond acceptors (Lipinski definition) is 2. The summed E-state index contributed by atoms with van der Waals surface area (Å²) in [5.41, 5.74) is 2.14. The minimum atomic E-state index is -0.000988. The number of carbonyl (C=O) groups excluding carboxylic acids is 1. The lowest BCUT2D eigenvalue weighted by Gasteiger charge is -2.15. The molecule has 1 aromatic carbocycles. The molecule has 0 saturated heterocycles. The molecule has 1 unspecified atom stereocenters. The van der Waals surface area contributed by atoms with Gasteiger partial charge in [0.25, 0.3) is 0 Å². The molecule has 0 amide bonds. The number of allylic oxidation sites excluding steroid dienone is 4. The highest BCUT2D eigenvalue weighted by atomic mass is 16.5. The van der Waals surface area contributed by atoms with Crippen LogP contribution in [0.5, 0.6) is 0 Å². The molecule has 2 nitrogen and oxygen atoms in total. The second-order valence-electron chi connectivity index (χ2n) is 5.15. The molecule has 20 heavy (non-hydrogen) atoms. The summed E-state index contributed by atoms with van der Waals surface area (Å²) in [7, 11) is 1.69. The molecule has 0 spiro atoms. The highest BCUT2D eigenvalue weighted by molar-refractivity contribution is 5.96. The molecule has 0 saturated carbocycles. The van der Waals surface area contributed by atoms with E-state index in [-0.39, 0.29) is 11.9 Å². The average molecular weight is 270 g/mol. The number of carbonyl (C=O) groups is 1. The molecule has 0 aliphatic heterocycles. The Kier molecular flexibility index (Phi) is 5.75. The van der Waals surface area contributed by atoms with Crippen molar-refractivity contribution in [2.45, 2.75) is 38.2 Å². The summed E-state index contributed by atoms with van der Waals surface area (Å²) in [6.45, 7) is 0. The zero-order valence-electron chi connectivity index (χ0n) is 12.0. The lowest BCUT2D eigenvalue weighted by Crippen LogP contribution is -2.16. The fraction of sp³-hybridized carbons (Fsp3) is 0.389. The van der Waals surface area contributed by atoms with E-state index < -0.39 is 0 Å². The zero-order valence-corrected chi connectivity index (χ0v) is 12.0. The Morgan fingerprint density at radius 1 is 1.25 bits per heavy atom. The van der Waals surface area contributed by atoms with Gasteiger partial charge in [0.15, 0.2) is 5.78 Å². The van der Waals surface area contributed by atoms with Gasteiger partial charge in [-0.2, -0.15) is 0 Å². The highest BCUT2D eigenvalue weighted by Gasteiger charge is 2.15. The first-order chi connectivity index (χ1) is 9.79. The lowest BCUT2D eigenvalue weighted by molar-refractivity contribution is 0.0700. The molecule has 0 radical (unpaired) electrons. The molecule has 0 aromatic heterocycles. The fourth-order valence-electron chi connectivity index (χ4n) is 2.43. The van der Waals surface area contributed by atoms with Crippen molar-refractivity contribution < 1.29 is 9.53 Å². The van der Waals surface area contributed by atoms with Crippen LogP contribution in [-0.2, 0) is 4.74 Å². The van der Waals surface area contributed by atoms with Gasteiger partial charge in [0.05, 0.1) is 6.10 Å². The number of Topliss-reactive ketones (excluding diaryl/α,β-unsaturated/α-hetero) is 1. The van der Waals surface area contributed by atoms with Gasteiger partial charge < -0.3 is 4.74 Å². The predicted molar refractivity (Wildman–Crippen MR) is 81.9 cm³/mol. The largest absolute Gasteiger partial charge is 0.381 e. The monoisotopic (exact) mass is 270 g/mol. The van der Waals surface area contributed by atoms with Crippen LogP contribution in [0.2, 0.25) is 0 Å². The molecule has 0 fully saturated rings. The Morgan fingerprint density at radius 2 is 2.05 bits per heavy atom. The second kappa shape index (κ2) is 7.81. The zero-order chi connectivity index (χ0) is 14.2. The second-order valence-corrected chi connectivity index (χ2v) is 5.15. The lowest BCUT2D eigenvalue weighted by atomic mass is 9.97. The first-order valence-electron chi connectivity index (χ1n) is 7.26. The van der Waals surface area contributed by atoms with Gasteiger partial charge in [0.1, 0.15) is 0 Å². The Morgan fingerprint density at radius 3 is 2.70 bits per heavy atom. The third kappa shape index (κ3) is 4.46. The van der Waals surface area contributed by atoms with Crippen molar-refractivity contribution in [3.05, 3.63) is 59.7 Å². The smallest absolute Gasteiger partial charge is 0.165 e. The number of ether oxygens (including phenoxy) is 1. The van der Waals surface area contributed by atoms with Crippen LogP contribution >= 0.6 is 0 Å². The Hall–Kier alpha value is -1.67. The van der Waals surface area contributed by atoms with Gasteiger partial charge in [0, 0.05) is 19.1 Å². The van der Waals surface area contributed by atoms with Gasteiger partial charge in [-0.3, -0.25) is 4.79 Å². The van der Waals surface area contributed by atoms with Crippen molar-refractivity contribution >= 4 is 5.78 Å². The van der Waals surface area contributed by atoms with Crippen LogP contribution in [0.3, 0.4) is 0 Å². The van der Waals surface area contributed by atoms with E-state index in [9.17, 15) is 4.79 Å². The summed E-state index contributed by atoms with van der Waals surface area (Å²) in [5, 5.41) is 0. The van der Waals surface area contributed by atoms with E-state index in [0.29, 0.717) is 6.42 Å². The summed E-state index contributed by atoms with van der Waals surface area (Å²) < 4.78 is 5.46. The summed E-state index contributed by atoms with van der Waals surface area (Å²) in [6, 6.07) is 9.44. The van der Waals surface area contributed by atoms with E-state index in [2.05, 4.69) is 18.2 Å². The molecule has 0 N–H and O–H groups in total. The van der Waals surface area contributed by atoms with Crippen LogP contribution in [0.25, 0.3) is 0 Å². The molecule has 1 aliphatic carbocycles. The normalized spacial score (nSPS) is 15.8. The van der Waals surface area contributed by atoms with Gasteiger partial charge in [-0.05, 0) is 25.7 Å². The molecule has 1 aliphatic rings. The maximum absolute atomic E-state index is 12.2. The van der Waals surface area contributed by atoms with E-state index in [1.54, 1.807) is 7.11 Å². The van der Waals surface area contributed by atoms with Crippen molar-refractivity contribution in [1.82, 2.24) is 0 Å². The SMILES string of the molecule is COC(CCC1=CCCC=C1)CC(=O)c1ccccc1. The van der Waals surface area contributed by atoms with E-state index in [4.69, 9.17) is 4.74 Å². The molecule has 0 heterocycles. The molecular weight excluding hydrogens is 248 g/mol. The Balaban J connectivity index is 1.84. The van der Waals surface area contributed by atoms with Crippen LogP contribution in [0.4, 0.5) is 0 Å². The summed E-state index contributed by atoms with van der Waals surface area (Å²) >= 11 is 0. The van der Waals surface area contributed by atoms with Crippen LogP contribution in [-0.4, -0.2) is 19.0 Å². The fourth-order valence-corrected chi connectivity index (χ4v) is 2.43. The third-order valence-corrected chi connectivity index (χ3v) is 3.67. The Labute approximate surface area is 121 Å². The van der Waals surface area contributed by atoms with Crippen LogP contribution in [0.1, 0.15) is 42.5 Å². The standard InChI is InChI=1S/C18H22O2/c1-20-17(13-12-15-8-4-2-5-9-15)14-18(19)16-10-6-3-7-11-16/h3-4,6-11,17H,2,5,12-14H2,1H3. The van der Waals surface area contributed by atoms with Crippen LogP contribution < -0.4 is 0 Å². The van der Waals surface area contributed by atoms with E-state index in [0.717, 1.165) is 31.2 Å². The molecular formula is C18H22O2. The topological polar surface area (TPSA) is 26.3 Å². The molecule has 106 valence electrons. The Bertz CT molecular complexity index is 485. The van der Waals surface area contributed by atoms with Gasteiger partial charge in [-0.15, -0.1) is 0 Å². The van der Waals surface area contributed by atoms with E-state index in [1.165, 1.54) is 5.57 Å². The highest BCUT2D eigenvalue weighted by Crippen LogP contribution is 2.19. The van der Waals surface area contributed by atoms with Gasteiger partial charge in [-0.1, -0.05) is 54.1 Å². The number of hydrogen-bond donors (Lipinski definition) is 0. The first kappa shape index (κ1) is 14.7. The van der Waals surface area contributed by atoms with Crippen molar-refractivity contribution in [2.24, 2.45) is 0 Å². The average Bonchev–Trinajstić information content (AvgIpc) is 2.53. The van der Waals surface area contributed by atoms with E-state index >= 15 is 0 Å². The molecule has 1 aromatic rings. The maximum atomic E-state index is 12.2. The van der Waals surface area contributed by atoms with Crippen molar-refractivity contribution in [3.8, 4) is 0 Å². The first-order valence-corrected chi connectivity index (χ1v) is 7.26. The van der Waals surface area contributed by atoms with Gasteiger partial charge in [0.2, 0.25) is 0 Å². The van der Waals surface area contributed by atoms with Gasteiger partial charge in [-0.25, -0.2) is 0 Å². The number of benzene rings is 1. The minimum Gasteiger partial charge on any atom is -0.381 e. The van der Waals surface area contributed by atoms with Crippen LogP contribution in [0, 0.1) is 0 Å². The predicted octanol–water partition coefficient (Wildman–Crippen LogP) is 4.33. The number of methoxy groups -OCH3 is 1. The van der Waals surface area contributed by atoms with Crippen LogP contribution in [0.15, 0.2) is 54.1 Å². The maximum Gasteiger partial charge on any atom is 0.165 e. The summed E-state index contributed by atoms with van der Waals surface area (Å²) in [4.78, 5) is 12.2. The summed E-state index contributed by atoms with van der Waals surface area (Å²) in [6.07, 6.45) is 11.3. The number of ketones is 1. The molecule has 1 atom stereocenters. The van der Waals surface area contributed by atoms with E-state index in [1.807, 2.05) is 30.3 Å². The molecule has 0 bridgehead atoms. The molecule has 2 rings (SSSR count). The van der Waals surface area contributed by atoms with Crippen molar-refractivity contribution in [3.63, 3.8) is 0 Å².